The van der Waals surface area contributed by atoms with Crippen molar-refractivity contribution in [3.05, 3.63) is 54.0 Å². The fourth-order valence-corrected chi connectivity index (χ4v) is 1.39. The van der Waals surface area contributed by atoms with Gasteiger partial charge in [0.1, 0.15) is 11.6 Å². The Bertz CT molecular complexity index is 537. The molecule has 0 fully saturated rings. The highest BCUT2D eigenvalue weighted by Gasteiger charge is 2.02. The van der Waals surface area contributed by atoms with Crippen molar-refractivity contribution in [3.63, 3.8) is 0 Å². The van der Waals surface area contributed by atoms with Crippen LogP contribution >= 0.6 is 0 Å². The smallest absolute Gasteiger partial charge is 0.307 e. The monoisotopic (exact) mass is 247 g/mol. The average Bonchev–Trinajstić information content (AvgIpc) is 2.34. The van der Waals surface area contributed by atoms with Crippen LogP contribution in [0.3, 0.4) is 0 Å². The summed E-state index contributed by atoms with van der Waals surface area (Å²) in [5, 5.41) is 8.62. The number of carboxylic acids is 1. The third-order valence-electron chi connectivity index (χ3n) is 2.20. The summed E-state index contributed by atoms with van der Waals surface area (Å²) in [6.45, 7) is 0. The van der Waals surface area contributed by atoms with Crippen LogP contribution in [-0.4, -0.2) is 16.1 Å². The summed E-state index contributed by atoms with van der Waals surface area (Å²) >= 11 is 0. The standard InChI is InChI=1S/C13H10FNO3/c14-10-3-6-12(15-8-10)18-11-4-1-9(2-5-11)7-13(16)17/h1-6,8H,7H2,(H,16,17). The van der Waals surface area contributed by atoms with E-state index >= 15 is 0 Å². The number of hydrogen-bond donors (Lipinski definition) is 1. The molecule has 2 rings (SSSR count). The van der Waals surface area contributed by atoms with Crippen LogP contribution in [-0.2, 0) is 11.2 Å². The van der Waals surface area contributed by atoms with Crippen molar-refractivity contribution in [2.24, 2.45) is 0 Å². The lowest BCUT2D eigenvalue weighted by Gasteiger charge is -2.05. The molecule has 0 bridgehead atoms. The zero-order valence-electron chi connectivity index (χ0n) is 9.34. The van der Waals surface area contributed by atoms with Crippen LogP contribution in [0.1, 0.15) is 5.56 Å². The second-order valence-corrected chi connectivity index (χ2v) is 3.63. The number of carboxylic acid groups (broad SMARTS) is 1. The van der Waals surface area contributed by atoms with E-state index < -0.39 is 11.8 Å². The van der Waals surface area contributed by atoms with E-state index in [2.05, 4.69) is 4.98 Å². The number of halogens is 1. The quantitative estimate of drug-likeness (QED) is 0.902. The van der Waals surface area contributed by atoms with E-state index in [1.165, 1.54) is 12.1 Å². The molecule has 0 saturated carbocycles. The maximum absolute atomic E-state index is 12.6. The first-order valence-electron chi connectivity index (χ1n) is 5.23. The van der Waals surface area contributed by atoms with Gasteiger partial charge in [-0.15, -0.1) is 0 Å². The highest BCUT2D eigenvalue weighted by molar-refractivity contribution is 5.70. The Hall–Kier alpha value is -2.43. The van der Waals surface area contributed by atoms with Crippen molar-refractivity contribution < 1.29 is 19.0 Å². The summed E-state index contributed by atoms with van der Waals surface area (Å²) in [5.74, 6) is -0.520. The van der Waals surface area contributed by atoms with Gasteiger partial charge >= 0.3 is 5.97 Å². The normalized spacial score (nSPS) is 10.1. The summed E-state index contributed by atoms with van der Waals surface area (Å²) in [7, 11) is 0. The van der Waals surface area contributed by atoms with Crippen molar-refractivity contribution in [1.29, 1.82) is 0 Å². The van der Waals surface area contributed by atoms with Crippen molar-refractivity contribution in [2.75, 3.05) is 0 Å². The first-order valence-corrected chi connectivity index (χ1v) is 5.23. The molecule has 4 nitrogen and oxygen atoms in total. The predicted molar refractivity (Wildman–Crippen MR) is 62.1 cm³/mol. The first kappa shape index (κ1) is 12.0. The lowest BCUT2D eigenvalue weighted by Crippen LogP contribution is -1.99. The lowest BCUT2D eigenvalue weighted by atomic mass is 10.1. The second kappa shape index (κ2) is 5.27. The molecular formula is C13H10FNO3. The van der Waals surface area contributed by atoms with Crippen LogP contribution in [0.25, 0.3) is 0 Å². The molecule has 0 saturated heterocycles. The minimum atomic E-state index is -0.885. The Balaban J connectivity index is 2.06. The van der Waals surface area contributed by atoms with E-state index in [0.717, 1.165) is 6.20 Å². The Kier molecular flexibility index (Phi) is 3.52. The molecule has 0 aliphatic carbocycles. The molecule has 0 aliphatic rings. The Morgan fingerprint density at radius 3 is 2.50 bits per heavy atom. The molecule has 0 radical (unpaired) electrons. The highest BCUT2D eigenvalue weighted by Crippen LogP contribution is 2.19. The van der Waals surface area contributed by atoms with Crippen molar-refractivity contribution in [2.45, 2.75) is 6.42 Å². The average molecular weight is 247 g/mol. The number of rotatable bonds is 4. The molecule has 0 atom stereocenters. The fraction of sp³-hybridized carbons (Fsp3) is 0.0769. The molecule has 0 aliphatic heterocycles. The Morgan fingerprint density at radius 2 is 1.94 bits per heavy atom. The van der Waals surface area contributed by atoms with Gasteiger partial charge < -0.3 is 9.84 Å². The van der Waals surface area contributed by atoms with E-state index in [-0.39, 0.29) is 12.3 Å². The summed E-state index contributed by atoms with van der Waals surface area (Å²) in [6.07, 6.45) is 1.03. The highest BCUT2D eigenvalue weighted by atomic mass is 19.1. The number of benzene rings is 1. The van der Waals surface area contributed by atoms with Gasteiger partial charge in [0.2, 0.25) is 5.88 Å². The number of aromatic nitrogens is 1. The number of aliphatic carboxylic acids is 1. The predicted octanol–water partition coefficient (Wildman–Crippen LogP) is 2.64. The third-order valence-corrected chi connectivity index (χ3v) is 2.20. The van der Waals surface area contributed by atoms with E-state index in [1.807, 2.05) is 0 Å². The number of ether oxygens (including phenoxy) is 1. The number of nitrogens with zero attached hydrogens (tertiary/aromatic N) is 1. The Morgan fingerprint density at radius 1 is 1.22 bits per heavy atom. The largest absolute Gasteiger partial charge is 0.481 e. The molecule has 2 aromatic rings. The van der Waals surface area contributed by atoms with Gasteiger partial charge in [-0.05, 0) is 23.8 Å². The van der Waals surface area contributed by atoms with Gasteiger partial charge in [-0.3, -0.25) is 4.79 Å². The molecule has 1 aromatic carbocycles. The van der Waals surface area contributed by atoms with Gasteiger partial charge in [-0.25, -0.2) is 9.37 Å². The maximum Gasteiger partial charge on any atom is 0.307 e. The number of pyridine rings is 1. The van der Waals surface area contributed by atoms with Crippen molar-refractivity contribution in [3.8, 4) is 11.6 Å². The van der Waals surface area contributed by atoms with Crippen LogP contribution in [0.5, 0.6) is 11.6 Å². The molecular weight excluding hydrogens is 237 g/mol. The molecule has 5 heteroatoms. The molecule has 1 N–H and O–H groups in total. The topological polar surface area (TPSA) is 59.4 Å². The lowest BCUT2D eigenvalue weighted by molar-refractivity contribution is -0.136. The van der Waals surface area contributed by atoms with Crippen LogP contribution in [0.15, 0.2) is 42.6 Å². The first-order chi connectivity index (χ1) is 8.63. The van der Waals surface area contributed by atoms with E-state index in [1.54, 1.807) is 24.3 Å². The number of carbonyl (C=O) groups is 1. The minimum Gasteiger partial charge on any atom is -0.481 e. The van der Waals surface area contributed by atoms with E-state index in [4.69, 9.17) is 9.84 Å². The molecule has 0 unspecified atom stereocenters. The summed E-state index contributed by atoms with van der Waals surface area (Å²) < 4.78 is 18.0. The van der Waals surface area contributed by atoms with Crippen molar-refractivity contribution >= 4 is 5.97 Å². The van der Waals surface area contributed by atoms with Crippen LogP contribution in [0.2, 0.25) is 0 Å². The van der Waals surface area contributed by atoms with Gasteiger partial charge in [0.05, 0.1) is 12.6 Å². The van der Waals surface area contributed by atoms with Crippen LogP contribution in [0, 0.1) is 5.82 Å². The zero-order valence-corrected chi connectivity index (χ0v) is 9.34. The van der Waals surface area contributed by atoms with Gasteiger partial charge in [0.15, 0.2) is 0 Å². The third kappa shape index (κ3) is 3.28. The van der Waals surface area contributed by atoms with Gasteiger partial charge in [0.25, 0.3) is 0 Å². The summed E-state index contributed by atoms with van der Waals surface area (Å²) in [5.41, 5.74) is 0.682. The SMILES string of the molecule is O=C(O)Cc1ccc(Oc2ccc(F)cn2)cc1. The zero-order chi connectivity index (χ0) is 13.0. The Labute approximate surface area is 103 Å². The van der Waals surface area contributed by atoms with Crippen molar-refractivity contribution in [1.82, 2.24) is 4.98 Å². The molecule has 0 amide bonds. The molecule has 92 valence electrons. The summed E-state index contributed by atoms with van der Waals surface area (Å²) in [6, 6.07) is 9.27. The summed E-state index contributed by atoms with van der Waals surface area (Å²) in [4.78, 5) is 14.3. The molecule has 1 aromatic heterocycles. The van der Waals surface area contributed by atoms with Gasteiger partial charge in [-0.1, -0.05) is 12.1 Å². The van der Waals surface area contributed by atoms with Gasteiger partial charge in [-0.2, -0.15) is 0 Å². The van der Waals surface area contributed by atoms with E-state index in [0.29, 0.717) is 11.3 Å². The second-order valence-electron chi connectivity index (χ2n) is 3.63. The van der Waals surface area contributed by atoms with E-state index in [9.17, 15) is 9.18 Å². The van der Waals surface area contributed by atoms with Crippen LogP contribution in [0.4, 0.5) is 4.39 Å². The van der Waals surface area contributed by atoms with Crippen LogP contribution < -0.4 is 4.74 Å². The molecule has 18 heavy (non-hydrogen) atoms. The molecule has 0 spiro atoms. The van der Waals surface area contributed by atoms with Gasteiger partial charge in [0, 0.05) is 6.07 Å². The minimum absolute atomic E-state index is 0.0327. The maximum atomic E-state index is 12.6. The fourth-order valence-electron chi connectivity index (χ4n) is 1.39. The number of hydrogen-bond acceptors (Lipinski definition) is 3. The molecule has 1 heterocycles.